The largest absolute Gasteiger partial charge is 0.494 e. The number of benzene rings is 2. The standard InChI is InChI=1S/C19H16Cl2N4O4S/c1-29-15-5-4-14(21)17-16(15)22-19(30-17)24-8-6-23(7-9-24)18(26)12-10-11(25(27)28)2-3-13(12)20/h2-5,10H,6-9H2,1H3. The molecule has 0 spiro atoms. The lowest BCUT2D eigenvalue weighted by Gasteiger charge is -2.34. The summed E-state index contributed by atoms with van der Waals surface area (Å²) in [5.74, 6) is 0.336. The van der Waals surface area contributed by atoms with E-state index >= 15 is 0 Å². The van der Waals surface area contributed by atoms with E-state index < -0.39 is 4.92 Å². The van der Waals surface area contributed by atoms with E-state index in [0.717, 1.165) is 9.83 Å². The summed E-state index contributed by atoms with van der Waals surface area (Å²) in [6.07, 6.45) is 0. The molecule has 0 unspecified atom stereocenters. The van der Waals surface area contributed by atoms with Crippen LogP contribution in [0.1, 0.15) is 10.4 Å². The summed E-state index contributed by atoms with van der Waals surface area (Å²) in [7, 11) is 1.59. The van der Waals surface area contributed by atoms with Gasteiger partial charge >= 0.3 is 0 Å². The number of hydrogen-bond acceptors (Lipinski definition) is 7. The molecule has 1 aliphatic rings. The first-order valence-electron chi connectivity index (χ1n) is 9.00. The number of piperazine rings is 1. The summed E-state index contributed by atoms with van der Waals surface area (Å²) >= 11 is 13.9. The first-order valence-corrected chi connectivity index (χ1v) is 10.6. The van der Waals surface area contributed by atoms with Crippen LogP contribution in [0.4, 0.5) is 10.8 Å². The number of rotatable bonds is 4. The lowest BCUT2D eigenvalue weighted by atomic mass is 10.1. The maximum absolute atomic E-state index is 12.9. The molecule has 0 radical (unpaired) electrons. The third-order valence-corrected chi connectivity index (χ3v) is 6.80. The highest BCUT2D eigenvalue weighted by molar-refractivity contribution is 7.22. The van der Waals surface area contributed by atoms with Crippen molar-refractivity contribution in [2.75, 3.05) is 38.2 Å². The Morgan fingerprint density at radius 2 is 1.87 bits per heavy atom. The van der Waals surface area contributed by atoms with Crippen LogP contribution in [0.2, 0.25) is 10.0 Å². The molecular weight excluding hydrogens is 451 g/mol. The predicted octanol–water partition coefficient (Wildman–Crippen LogP) is 4.48. The predicted molar refractivity (Wildman–Crippen MR) is 117 cm³/mol. The van der Waals surface area contributed by atoms with Crippen LogP contribution in [0.25, 0.3) is 10.2 Å². The van der Waals surface area contributed by atoms with Gasteiger partial charge in [0.2, 0.25) is 0 Å². The van der Waals surface area contributed by atoms with Crippen molar-refractivity contribution >= 4 is 61.5 Å². The number of carbonyl (C=O) groups is 1. The number of amides is 1. The van der Waals surface area contributed by atoms with Gasteiger partial charge in [0, 0.05) is 38.3 Å². The van der Waals surface area contributed by atoms with Crippen molar-refractivity contribution in [2.45, 2.75) is 0 Å². The van der Waals surface area contributed by atoms with Crippen LogP contribution >= 0.6 is 34.5 Å². The molecule has 2 heterocycles. The van der Waals surface area contributed by atoms with E-state index in [4.69, 9.17) is 27.9 Å². The van der Waals surface area contributed by atoms with Crippen molar-refractivity contribution in [2.24, 2.45) is 0 Å². The van der Waals surface area contributed by atoms with Gasteiger partial charge in [0.15, 0.2) is 5.13 Å². The Balaban J connectivity index is 1.51. The van der Waals surface area contributed by atoms with Crippen molar-refractivity contribution in [3.63, 3.8) is 0 Å². The molecule has 3 aromatic rings. The number of anilines is 1. The number of hydrogen-bond donors (Lipinski definition) is 0. The zero-order valence-electron chi connectivity index (χ0n) is 15.8. The molecular formula is C19H16Cl2N4O4S. The van der Waals surface area contributed by atoms with Gasteiger partial charge in [-0.1, -0.05) is 34.5 Å². The SMILES string of the molecule is COc1ccc(Cl)c2sc(N3CCN(C(=O)c4cc([N+](=O)[O-])ccc4Cl)CC3)nc12. The van der Waals surface area contributed by atoms with Gasteiger partial charge in [-0.25, -0.2) is 4.98 Å². The topological polar surface area (TPSA) is 88.8 Å². The number of thiazole rings is 1. The summed E-state index contributed by atoms with van der Waals surface area (Å²) in [4.78, 5) is 31.7. The lowest BCUT2D eigenvalue weighted by molar-refractivity contribution is -0.384. The van der Waals surface area contributed by atoms with Crippen LogP contribution in [0.3, 0.4) is 0 Å². The second kappa shape index (κ2) is 8.25. The number of fused-ring (bicyclic) bond motifs is 1. The van der Waals surface area contributed by atoms with Gasteiger partial charge in [0.05, 0.1) is 32.3 Å². The smallest absolute Gasteiger partial charge is 0.270 e. The minimum absolute atomic E-state index is 0.135. The molecule has 0 aliphatic carbocycles. The Kier molecular flexibility index (Phi) is 5.68. The van der Waals surface area contributed by atoms with Crippen LogP contribution in [-0.4, -0.2) is 54.0 Å². The van der Waals surface area contributed by atoms with Gasteiger partial charge in [-0.2, -0.15) is 0 Å². The van der Waals surface area contributed by atoms with Crippen molar-refractivity contribution in [3.05, 3.63) is 56.1 Å². The van der Waals surface area contributed by atoms with Crippen LogP contribution in [0.5, 0.6) is 5.75 Å². The zero-order chi connectivity index (χ0) is 21.4. The molecule has 1 aliphatic heterocycles. The maximum atomic E-state index is 12.9. The number of nitro benzene ring substituents is 1. The average Bonchev–Trinajstić information content (AvgIpc) is 3.20. The summed E-state index contributed by atoms with van der Waals surface area (Å²) < 4.78 is 6.23. The fourth-order valence-electron chi connectivity index (χ4n) is 3.30. The van der Waals surface area contributed by atoms with Crippen LogP contribution in [0, 0.1) is 10.1 Å². The first-order chi connectivity index (χ1) is 14.4. The van der Waals surface area contributed by atoms with Crippen molar-refractivity contribution in [1.82, 2.24) is 9.88 Å². The van der Waals surface area contributed by atoms with E-state index in [-0.39, 0.29) is 22.2 Å². The van der Waals surface area contributed by atoms with Crippen LogP contribution in [-0.2, 0) is 0 Å². The highest BCUT2D eigenvalue weighted by Gasteiger charge is 2.27. The highest BCUT2D eigenvalue weighted by Crippen LogP contribution is 2.39. The molecule has 0 N–H and O–H groups in total. The number of methoxy groups -OCH3 is 1. The van der Waals surface area contributed by atoms with Crippen molar-refractivity contribution in [3.8, 4) is 5.75 Å². The second-order valence-corrected chi connectivity index (χ2v) is 8.42. The highest BCUT2D eigenvalue weighted by atomic mass is 35.5. The van der Waals surface area contributed by atoms with Crippen molar-refractivity contribution in [1.29, 1.82) is 0 Å². The molecule has 0 saturated carbocycles. The second-order valence-electron chi connectivity index (χ2n) is 6.62. The molecule has 0 bridgehead atoms. The van der Waals surface area contributed by atoms with Crippen LogP contribution in [0.15, 0.2) is 30.3 Å². The van der Waals surface area contributed by atoms with Crippen molar-refractivity contribution < 1.29 is 14.5 Å². The van der Waals surface area contributed by atoms with Gasteiger partial charge in [-0.15, -0.1) is 0 Å². The molecule has 2 aromatic carbocycles. The van der Waals surface area contributed by atoms with Gasteiger partial charge in [-0.3, -0.25) is 14.9 Å². The molecule has 0 atom stereocenters. The van der Waals surface area contributed by atoms with Gasteiger partial charge in [0.25, 0.3) is 11.6 Å². The molecule has 30 heavy (non-hydrogen) atoms. The molecule has 1 amide bonds. The first kappa shape index (κ1) is 20.6. The molecule has 11 heteroatoms. The Bertz CT molecular complexity index is 1150. The average molecular weight is 467 g/mol. The van der Waals surface area contributed by atoms with Gasteiger partial charge < -0.3 is 14.5 Å². The lowest BCUT2D eigenvalue weighted by Crippen LogP contribution is -2.48. The summed E-state index contributed by atoms with van der Waals surface area (Å²) in [5, 5.41) is 12.6. The Morgan fingerprint density at radius 3 is 2.53 bits per heavy atom. The minimum Gasteiger partial charge on any atom is -0.494 e. The fraction of sp³-hybridized carbons (Fsp3) is 0.263. The quantitative estimate of drug-likeness (QED) is 0.415. The van der Waals surface area contributed by atoms with Gasteiger partial charge in [0.1, 0.15) is 11.3 Å². The zero-order valence-corrected chi connectivity index (χ0v) is 18.1. The number of ether oxygens (including phenoxy) is 1. The number of aromatic nitrogens is 1. The third kappa shape index (κ3) is 3.76. The monoisotopic (exact) mass is 466 g/mol. The van der Waals surface area contributed by atoms with E-state index in [1.807, 2.05) is 0 Å². The van der Waals surface area contributed by atoms with E-state index in [0.29, 0.717) is 42.5 Å². The van der Waals surface area contributed by atoms with E-state index in [1.54, 1.807) is 24.1 Å². The summed E-state index contributed by atoms with van der Waals surface area (Å²) in [6, 6.07) is 7.45. The number of carbonyl (C=O) groups excluding carboxylic acids is 1. The molecule has 1 aromatic heterocycles. The van der Waals surface area contributed by atoms with E-state index in [2.05, 4.69) is 9.88 Å². The minimum atomic E-state index is -0.544. The fourth-order valence-corrected chi connectivity index (χ4v) is 4.81. The van der Waals surface area contributed by atoms with E-state index in [9.17, 15) is 14.9 Å². The molecule has 8 nitrogen and oxygen atoms in total. The Hall–Kier alpha value is -2.62. The molecule has 1 saturated heterocycles. The number of nitro groups is 1. The summed E-state index contributed by atoms with van der Waals surface area (Å²) in [5.41, 5.74) is 0.685. The third-order valence-electron chi connectivity index (χ3n) is 4.90. The Labute approximate surface area is 185 Å². The van der Waals surface area contributed by atoms with E-state index in [1.165, 1.54) is 29.5 Å². The number of nitrogens with zero attached hydrogens (tertiary/aromatic N) is 4. The Morgan fingerprint density at radius 1 is 1.17 bits per heavy atom. The number of non-ortho nitro benzene ring substituents is 1. The molecule has 1 fully saturated rings. The number of halogens is 2. The molecule has 4 rings (SSSR count). The maximum Gasteiger partial charge on any atom is 0.270 e. The van der Waals surface area contributed by atoms with Crippen LogP contribution < -0.4 is 9.64 Å². The summed E-state index contributed by atoms with van der Waals surface area (Å²) in [6.45, 7) is 2.02. The molecule has 156 valence electrons. The normalized spacial score (nSPS) is 14.2. The van der Waals surface area contributed by atoms with Gasteiger partial charge in [-0.05, 0) is 18.2 Å².